The van der Waals surface area contributed by atoms with Gasteiger partial charge in [-0.1, -0.05) is 0 Å². The quantitative estimate of drug-likeness (QED) is 0.678. The van der Waals surface area contributed by atoms with Crippen molar-refractivity contribution >= 4 is 21.5 Å². The first-order valence-corrected chi connectivity index (χ1v) is 6.16. The minimum absolute atomic E-state index is 0.0183. The maximum atomic E-state index is 11.8. The molecule has 18 heavy (non-hydrogen) atoms. The fourth-order valence-corrected chi connectivity index (χ4v) is 1.96. The summed E-state index contributed by atoms with van der Waals surface area (Å²) in [5.74, 6) is -1.23. The van der Waals surface area contributed by atoms with Crippen molar-refractivity contribution in [2.24, 2.45) is 5.14 Å². The molecule has 2 aromatic heterocycles. The first-order valence-electron chi connectivity index (χ1n) is 4.61. The number of aromatic nitrogens is 3. The van der Waals surface area contributed by atoms with E-state index in [-0.39, 0.29) is 10.4 Å². The van der Waals surface area contributed by atoms with Crippen LogP contribution in [0.5, 0.6) is 0 Å². The number of hydrogen-bond donors (Lipinski definition) is 2. The highest BCUT2D eigenvalue weighted by atomic mass is 32.2. The van der Waals surface area contributed by atoms with E-state index >= 15 is 0 Å². The molecule has 0 amide bonds. The zero-order valence-electron chi connectivity index (χ0n) is 8.85. The lowest BCUT2D eigenvalue weighted by Gasteiger charge is -2.00. The molecule has 2 heterocycles. The highest BCUT2D eigenvalue weighted by Crippen LogP contribution is 2.09. The molecule has 0 saturated carbocycles. The SMILES string of the molecule is NS(=O)(=O)c1cc2c(=O)n(CC(=O)O)ncn2c1. The molecule has 0 saturated heterocycles. The number of nitrogens with two attached hydrogens (primary N) is 1. The van der Waals surface area contributed by atoms with E-state index in [4.69, 9.17) is 10.2 Å². The molecule has 0 bridgehead atoms. The second-order valence-electron chi connectivity index (χ2n) is 3.50. The zero-order valence-corrected chi connectivity index (χ0v) is 9.66. The van der Waals surface area contributed by atoms with Gasteiger partial charge in [-0.25, -0.2) is 18.2 Å². The average molecular weight is 272 g/mol. The first kappa shape index (κ1) is 12.3. The number of rotatable bonds is 3. The van der Waals surface area contributed by atoms with E-state index in [1.807, 2.05) is 0 Å². The summed E-state index contributed by atoms with van der Waals surface area (Å²) in [7, 11) is -3.93. The van der Waals surface area contributed by atoms with E-state index in [0.29, 0.717) is 4.68 Å². The highest BCUT2D eigenvalue weighted by Gasteiger charge is 2.14. The van der Waals surface area contributed by atoms with Crippen molar-refractivity contribution in [2.75, 3.05) is 0 Å². The summed E-state index contributed by atoms with van der Waals surface area (Å²) in [6, 6.07) is 1.07. The molecule has 0 aliphatic rings. The predicted molar refractivity (Wildman–Crippen MR) is 58.5 cm³/mol. The third-order valence-corrected chi connectivity index (χ3v) is 3.09. The highest BCUT2D eigenvalue weighted by molar-refractivity contribution is 7.89. The molecule has 0 unspecified atom stereocenters. The predicted octanol–water partition coefficient (Wildman–Crippen LogP) is -1.77. The van der Waals surface area contributed by atoms with Crippen molar-refractivity contribution in [3.05, 3.63) is 28.9 Å². The maximum Gasteiger partial charge on any atom is 0.325 e. The number of carboxylic acid groups (broad SMARTS) is 1. The molecule has 2 aromatic rings. The minimum Gasteiger partial charge on any atom is -0.480 e. The first-order chi connectivity index (χ1) is 8.29. The number of aliphatic carboxylic acids is 1. The van der Waals surface area contributed by atoms with Gasteiger partial charge in [0.25, 0.3) is 5.56 Å². The van der Waals surface area contributed by atoms with Gasteiger partial charge in [-0.15, -0.1) is 0 Å². The smallest absolute Gasteiger partial charge is 0.325 e. The fourth-order valence-electron chi connectivity index (χ4n) is 1.42. The molecule has 0 aliphatic carbocycles. The fraction of sp³-hybridized carbons (Fsp3) is 0.125. The van der Waals surface area contributed by atoms with E-state index < -0.39 is 28.1 Å². The lowest BCUT2D eigenvalue weighted by molar-refractivity contribution is -0.138. The summed E-state index contributed by atoms with van der Waals surface area (Å²) >= 11 is 0. The van der Waals surface area contributed by atoms with Crippen molar-refractivity contribution in [2.45, 2.75) is 11.4 Å². The standard InChI is InChI=1S/C8H8N4O5S/c9-18(16,17)5-1-6-8(15)12(3-7(13)14)10-4-11(6)2-5/h1-2,4H,3H2,(H,13,14)(H2,9,16,17). The number of nitrogens with zero attached hydrogens (tertiary/aromatic N) is 3. The normalized spacial score (nSPS) is 11.8. The van der Waals surface area contributed by atoms with Gasteiger partial charge in [0.05, 0.1) is 0 Å². The zero-order chi connectivity index (χ0) is 13.5. The Morgan fingerprint density at radius 3 is 2.72 bits per heavy atom. The van der Waals surface area contributed by atoms with Crippen molar-refractivity contribution < 1.29 is 18.3 Å². The largest absolute Gasteiger partial charge is 0.480 e. The Balaban J connectivity index is 2.68. The third-order valence-electron chi connectivity index (χ3n) is 2.21. The Morgan fingerprint density at radius 1 is 1.50 bits per heavy atom. The van der Waals surface area contributed by atoms with Crippen molar-refractivity contribution in [3.63, 3.8) is 0 Å². The summed E-state index contributed by atoms with van der Waals surface area (Å²) in [6.07, 6.45) is 2.26. The number of carbonyl (C=O) groups is 1. The van der Waals surface area contributed by atoms with Crippen LogP contribution in [0, 0.1) is 0 Å². The Labute approximate surface area is 100 Å². The van der Waals surface area contributed by atoms with Crippen LogP contribution in [0.25, 0.3) is 5.52 Å². The van der Waals surface area contributed by atoms with Gasteiger partial charge in [0.2, 0.25) is 10.0 Å². The third kappa shape index (κ3) is 2.10. The second kappa shape index (κ2) is 3.92. The Bertz CT molecular complexity index is 787. The number of fused-ring (bicyclic) bond motifs is 1. The van der Waals surface area contributed by atoms with E-state index in [1.54, 1.807) is 0 Å². The summed E-state index contributed by atoms with van der Waals surface area (Å²) in [4.78, 5) is 22.0. The van der Waals surface area contributed by atoms with Crippen LogP contribution in [-0.4, -0.2) is 33.7 Å². The Hall–Kier alpha value is -2.20. The second-order valence-corrected chi connectivity index (χ2v) is 5.06. The van der Waals surface area contributed by atoms with Gasteiger partial charge < -0.3 is 5.11 Å². The molecule has 9 nitrogen and oxygen atoms in total. The van der Waals surface area contributed by atoms with Gasteiger partial charge in [-0.05, 0) is 6.07 Å². The van der Waals surface area contributed by atoms with Crippen LogP contribution >= 0.6 is 0 Å². The van der Waals surface area contributed by atoms with Crippen molar-refractivity contribution in [3.8, 4) is 0 Å². The van der Waals surface area contributed by atoms with E-state index in [9.17, 15) is 18.0 Å². The molecule has 0 spiro atoms. The summed E-state index contributed by atoms with van der Waals surface area (Å²) < 4.78 is 24.1. The topological polar surface area (TPSA) is 137 Å². The van der Waals surface area contributed by atoms with Gasteiger partial charge in [0.1, 0.15) is 23.3 Å². The van der Waals surface area contributed by atoms with Gasteiger partial charge >= 0.3 is 5.97 Å². The van der Waals surface area contributed by atoms with Crippen LogP contribution in [0.15, 0.2) is 28.3 Å². The molecular weight excluding hydrogens is 264 g/mol. The van der Waals surface area contributed by atoms with E-state index in [0.717, 1.165) is 18.6 Å². The van der Waals surface area contributed by atoms with E-state index in [2.05, 4.69) is 5.10 Å². The van der Waals surface area contributed by atoms with E-state index in [1.165, 1.54) is 4.40 Å². The van der Waals surface area contributed by atoms with Gasteiger partial charge in [0, 0.05) is 6.20 Å². The van der Waals surface area contributed by atoms with Gasteiger partial charge in [-0.3, -0.25) is 14.0 Å². The molecule has 0 aliphatic heterocycles. The van der Waals surface area contributed by atoms with Gasteiger partial charge in [-0.2, -0.15) is 5.10 Å². The summed E-state index contributed by atoms with van der Waals surface area (Å²) in [5, 5.41) is 17.1. The van der Waals surface area contributed by atoms with Gasteiger partial charge in [0.15, 0.2) is 0 Å². The summed E-state index contributed by atoms with van der Waals surface area (Å²) in [5.41, 5.74) is -0.731. The van der Waals surface area contributed by atoms with Crippen molar-refractivity contribution in [1.29, 1.82) is 0 Å². The van der Waals surface area contributed by atoms with Crippen LogP contribution in [0.3, 0.4) is 0 Å². The minimum atomic E-state index is -3.93. The summed E-state index contributed by atoms with van der Waals surface area (Å²) in [6.45, 7) is -0.606. The number of carboxylic acids is 1. The lowest BCUT2D eigenvalue weighted by Crippen LogP contribution is -2.27. The average Bonchev–Trinajstić information content (AvgIpc) is 2.66. The van der Waals surface area contributed by atoms with Crippen molar-refractivity contribution in [1.82, 2.24) is 14.2 Å². The molecular formula is C8H8N4O5S. The van der Waals surface area contributed by atoms with Crippen LogP contribution in [0.2, 0.25) is 0 Å². The molecule has 96 valence electrons. The number of hydrogen-bond acceptors (Lipinski definition) is 5. The van der Waals surface area contributed by atoms with Crippen LogP contribution in [-0.2, 0) is 21.4 Å². The number of primary sulfonamides is 1. The Kier molecular flexibility index (Phi) is 2.67. The number of sulfonamides is 1. The molecule has 0 atom stereocenters. The lowest BCUT2D eigenvalue weighted by atomic mass is 10.5. The van der Waals surface area contributed by atoms with Crippen LogP contribution in [0.4, 0.5) is 0 Å². The molecule has 0 aromatic carbocycles. The molecule has 0 radical (unpaired) electrons. The molecule has 3 N–H and O–H groups in total. The van der Waals surface area contributed by atoms with Crippen LogP contribution < -0.4 is 10.7 Å². The monoisotopic (exact) mass is 272 g/mol. The molecule has 2 rings (SSSR count). The molecule has 10 heteroatoms. The molecule has 0 fully saturated rings. The maximum absolute atomic E-state index is 11.8. The van der Waals surface area contributed by atoms with Crippen LogP contribution in [0.1, 0.15) is 0 Å². The Morgan fingerprint density at radius 2 is 2.17 bits per heavy atom.